The van der Waals surface area contributed by atoms with E-state index in [1.165, 1.54) is 6.07 Å². The first-order valence-corrected chi connectivity index (χ1v) is 9.06. The lowest BCUT2D eigenvalue weighted by Crippen LogP contribution is -2.41. The van der Waals surface area contributed by atoms with Crippen molar-refractivity contribution >= 4 is 5.91 Å². The Hall–Kier alpha value is -2.61. The minimum absolute atomic E-state index is 0.0775. The number of hydrogen-bond donors (Lipinski definition) is 2. The Labute approximate surface area is 160 Å². The summed E-state index contributed by atoms with van der Waals surface area (Å²) in [4.78, 5) is 15.9. The molecule has 5 nitrogen and oxygen atoms in total. The van der Waals surface area contributed by atoms with Crippen LogP contribution in [0.1, 0.15) is 42.9 Å². The predicted octanol–water partition coefficient (Wildman–Crippen LogP) is 3.64. The minimum Gasteiger partial charge on any atom is -0.474 e. The van der Waals surface area contributed by atoms with Gasteiger partial charge in [0.15, 0.2) is 6.10 Å². The molecule has 1 aromatic heterocycles. The van der Waals surface area contributed by atoms with E-state index in [9.17, 15) is 23.1 Å². The second-order valence-electron chi connectivity index (χ2n) is 6.80. The summed E-state index contributed by atoms with van der Waals surface area (Å²) in [5.41, 5.74) is -0.284. The Morgan fingerprint density at radius 2 is 1.79 bits per heavy atom. The second kappa shape index (κ2) is 8.60. The van der Waals surface area contributed by atoms with Crippen LogP contribution in [-0.4, -0.2) is 28.1 Å². The van der Waals surface area contributed by atoms with Gasteiger partial charge in [0.25, 0.3) is 5.91 Å². The van der Waals surface area contributed by atoms with Crippen molar-refractivity contribution in [3.05, 3.63) is 59.8 Å². The quantitative estimate of drug-likeness (QED) is 0.812. The summed E-state index contributed by atoms with van der Waals surface area (Å²) in [6.45, 7) is 0. The van der Waals surface area contributed by atoms with E-state index in [-0.39, 0.29) is 18.0 Å². The van der Waals surface area contributed by atoms with Gasteiger partial charge in [0.2, 0.25) is 5.88 Å². The summed E-state index contributed by atoms with van der Waals surface area (Å²) in [6, 6.07) is 10.8. The number of nitrogens with zero attached hydrogens (tertiary/aromatic N) is 1. The molecule has 1 fully saturated rings. The highest BCUT2D eigenvalue weighted by Crippen LogP contribution is 2.30. The largest absolute Gasteiger partial charge is 0.474 e. The van der Waals surface area contributed by atoms with Crippen molar-refractivity contribution < 1.29 is 27.8 Å². The van der Waals surface area contributed by atoms with Crippen molar-refractivity contribution in [2.24, 2.45) is 0 Å². The molecule has 2 aromatic rings. The Morgan fingerprint density at radius 3 is 2.36 bits per heavy atom. The van der Waals surface area contributed by atoms with Crippen LogP contribution < -0.4 is 10.1 Å². The molecule has 28 heavy (non-hydrogen) atoms. The molecular weight excluding hydrogens is 373 g/mol. The molecule has 2 N–H and O–H groups in total. The third-order valence-electron chi connectivity index (χ3n) is 4.74. The van der Waals surface area contributed by atoms with E-state index in [0.29, 0.717) is 31.2 Å². The molecule has 0 bridgehead atoms. The summed E-state index contributed by atoms with van der Waals surface area (Å²) in [7, 11) is 0. The van der Waals surface area contributed by atoms with Crippen LogP contribution >= 0.6 is 0 Å². The van der Waals surface area contributed by atoms with Crippen molar-refractivity contribution in [3.63, 3.8) is 0 Å². The van der Waals surface area contributed by atoms with E-state index in [0.717, 1.165) is 12.3 Å². The molecule has 0 saturated heterocycles. The van der Waals surface area contributed by atoms with E-state index in [4.69, 9.17) is 4.74 Å². The molecule has 0 aliphatic heterocycles. The molecule has 8 heteroatoms. The van der Waals surface area contributed by atoms with Crippen LogP contribution in [0.3, 0.4) is 0 Å². The second-order valence-corrected chi connectivity index (χ2v) is 6.80. The number of carbonyl (C=O) groups excluding carboxylic acids is 1. The highest BCUT2D eigenvalue weighted by molar-refractivity contribution is 5.82. The van der Waals surface area contributed by atoms with Gasteiger partial charge in [-0.3, -0.25) is 4.79 Å². The van der Waals surface area contributed by atoms with Gasteiger partial charge in [-0.15, -0.1) is 0 Å². The number of aromatic nitrogens is 1. The van der Waals surface area contributed by atoms with Gasteiger partial charge < -0.3 is 15.2 Å². The van der Waals surface area contributed by atoms with E-state index < -0.39 is 23.8 Å². The Morgan fingerprint density at radius 1 is 1.11 bits per heavy atom. The fraction of sp³-hybridized carbons (Fsp3) is 0.400. The Bertz CT molecular complexity index is 774. The third-order valence-corrected chi connectivity index (χ3v) is 4.74. The molecule has 150 valence electrons. The van der Waals surface area contributed by atoms with E-state index in [2.05, 4.69) is 10.3 Å². The predicted molar refractivity (Wildman–Crippen MR) is 95.5 cm³/mol. The van der Waals surface area contributed by atoms with Gasteiger partial charge in [0.1, 0.15) is 6.10 Å². The number of aliphatic hydroxyl groups excluding tert-OH is 1. The number of benzene rings is 1. The van der Waals surface area contributed by atoms with E-state index in [1.807, 2.05) is 0 Å². The Kier molecular flexibility index (Phi) is 6.18. The maximum Gasteiger partial charge on any atom is 0.417 e. The standard InChI is InChI=1S/C20H21F3N2O3/c21-20(22,23)14-6-11-17(24-12-14)28-16-9-7-15(8-10-16)25-19(27)18(26)13-4-2-1-3-5-13/h1-6,11-12,15-16,18,26H,7-10H2,(H,25,27). The number of hydrogen-bond acceptors (Lipinski definition) is 4. The van der Waals surface area contributed by atoms with Gasteiger partial charge in [-0.25, -0.2) is 4.98 Å². The van der Waals surface area contributed by atoms with Crippen LogP contribution in [0.4, 0.5) is 13.2 Å². The molecule has 1 aliphatic carbocycles. The zero-order valence-electron chi connectivity index (χ0n) is 15.0. The van der Waals surface area contributed by atoms with Crippen LogP contribution in [0.15, 0.2) is 48.7 Å². The van der Waals surface area contributed by atoms with Crippen LogP contribution in [0.2, 0.25) is 0 Å². The molecule has 0 spiro atoms. The molecule has 1 atom stereocenters. The molecule has 3 rings (SSSR count). The lowest BCUT2D eigenvalue weighted by Gasteiger charge is -2.29. The number of carbonyl (C=O) groups is 1. The molecule has 1 amide bonds. The van der Waals surface area contributed by atoms with Gasteiger partial charge in [0.05, 0.1) is 5.56 Å². The number of halogens is 3. The van der Waals surface area contributed by atoms with Gasteiger partial charge in [-0.2, -0.15) is 13.2 Å². The average molecular weight is 394 g/mol. The normalized spacial score (nSPS) is 21.0. The first-order chi connectivity index (χ1) is 13.3. The summed E-state index contributed by atoms with van der Waals surface area (Å²) in [6.07, 6.45) is -2.48. The fourth-order valence-corrected chi connectivity index (χ4v) is 3.18. The number of amides is 1. The SMILES string of the molecule is O=C(NC1CCC(Oc2ccc(C(F)(F)F)cn2)CC1)C(O)c1ccccc1. The summed E-state index contributed by atoms with van der Waals surface area (Å²) in [5, 5.41) is 13.0. The number of pyridine rings is 1. The summed E-state index contributed by atoms with van der Waals surface area (Å²) >= 11 is 0. The van der Waals surface area contributed by atoms with Gasteiger partial charge >= 0.3 is 6.18 Å². The topological polar surface area (TPSA) is 71.5 Å². The van der Waals surface area contributed by atoms with Gasteiger partial charge in [0, 0.05) is 18.3 Å². The van der Waals surface area contributed by atoms with E-state index >= 15 is 0 Å². The lowest BCUT2D eigenvalue weighted by molar-refractivity contribution is -0.138. The maximum absolute atomic E-state index is 12.6. The van der Waals surface area contributed by atoms with Crippen molar-refractivity contribution in [2.75, 3.05) is 0 Å². The third kappa shape index (κ3) is 5.22. The Balaban J connectivity index is 1.46. The van der Waals surface area contributed by atoms with Crippen LogP contribution in [0.5, 0.6) is 5.88 Å². The van der Waals surface area contributed by atoms with Crippen molar-refractivity contribution in [3.8, 4) is 5.88 Å². The number of aliphatic hydroxyl groups is 1. The first-order valence-electron chi connectivity index (χ1n) is 9.06. The number of ether oxygens (including phenoxy) is 1. The molecule has 1 aromatic carbocycles. The van der Waals surface area contributed by atoms with Gasteiger partial charge in [-0.05, 0) is 37.3 Å². The fourth-order valence-electron chi connectivity index (χ4n) is 3.18. The maximum atomic E-state index is 12.6. The molecule has 1 aliphatic rings. The summed E-state index contributed by atoms with van der Waals surface area (Å²) in [5.74, 6) is -0.292. The van der Waals surface area contributed by atoms with Crippen LogP contribution in [0, 0.1) is 0 Å². The molecular formula is C20H21F3N2O3. The smallest absolute Gasteiger partial charge is 0.417 e. The monoisotopic (exact) mass is 394 g/mol. The van der Waals surface area contributed by atoms with Crippen molar-refractivity contribution in [2.45, 2.75) is 50.1 Å². The minimum atomic E-state index is -4.42. The molecule has 1 unspecified atom stereocenters. The number of nitrogens with one attached hydrogen (secondary N) is 1. The van der Waals surface area contributed by atoms with Crippen molar-refractivity contribution in [1.82, 2.24) is 10.3 Å². The van der Waals surface area contributed by atoms with E-state index in [1.54, 1.807) is 30.3 Å². The molecule has 1 heterocycles. The van der Waals surface area contributed by atoms with Gasteiger partial charge in [-0.1, -0.05) is 30.3 Å². The molecule has 0 radical (unpaired) electrons. The highest BCUT2D eigenvalue weighted by atomic mass is 19.4. The molecule has 1 saturated carbocycles. The van der Waals surface area contributed by atoms with Crippen LogP contribution in [0.25, 0.3) is 0 Å². The summed E-state index contributed by atoms with van der Waals surface area (Å²) < 4.78 is 43.3. The lowest BCUT2D eigenvalue weighted by atomic mass is 9.92. The van der Waals surface area contributed by atoms with Crippen molar-refractivity contribution in [1.29, 1.82) is 0 Å². The zero-order valence-corrected chi connectivity index (χ0v) is 15.0. The van der Waals surface area contributed by atoms with Crippen LogP contribution in [-0.2, 0) is 11.0 Å². The highest BCUT2D eigenvalue weighted by Gasteiger charge is 2.31. The number of alkyl halides is 3. The number of rotatable bonds is 5. The zero-order chi connectivity index (χ0) is 20.1. The average Bonchev–Trinajstić information content (AvgIpc) is 2.69. The first kappa shape index (κ1) is 20.1.